The lowest BCUT2D eigenvalue weighted by Gasteiger charge is -2.09. The Balaban J connectivity index is 1.68. The number of hydrogen-bond acceptors (Lipinski definition) is 4. The third-order valence-corrected chi connectivity index (χ3v) is 3.48. The maximum absolute atomic E-state index is 13.7. The Hall–Kier alpha value is -2.86. The molecule has 0 aliphatic heterocycles. The summed E-state index contributed by atoms with van der Waals surface area (Å²) in [5, 5.41) is 3.01. The number of carbonyl (C=O) groups excluding carboxylic acids is 1. The van der Waals surface area contributed by atoms with Gasteiger partial charge in [0.15, 0.2) is 12.4 Å². The summed E-state index contributed by atoms with van der Waals surface area (Å²) in [6.45, 7) is -0.339. The topological polar surface area (TPSA) is 68.5 Å². The molecule has 1 aromatic heterocycles. The summed E-state index contributed by atoms with van der Waals surface area (Å²) in [4.78, 5) is 23.1. The third-order valence-electron chi connectivity index (χ3n) is 3.19. The van der Waals surface area contributed by atoms with Gasteiger partial charge in [0, 0.05) is 17.5 Å². The summed E-state index contributed by atoms with van der Waals surface area (Å²) in [5.74, 6) is -0.913. The van der Waals surface area contributed by atoms with E-state index < -0.39 is 17.3 Å². The Morgan fingerprint density at radius 1 is 1.21 bits per heavy atom. The van der Waals surface area contributed by atoms with Crippen LogP contribution in [-0.2, 0) is 4.79 Å². The number of hydrogen-bond donors (Lipinski definition) is 1. The zero-order chi connectivity index (χ0) is 17.1. The van der Waals surface area contributed by atoms with Gasteiger partial charge in [-0.25, -0.2) is 9.18 Å². The molecule has 0 saturated heterocycles. The van der Waals surface area contributed by atoms with Crippen molar-refractivity contribution in [2.24, 2.45) is 0 Å². The van der Waals surface area contributed by atoms with Gasteiger partial charge in [0.05, 0.1) is 10.7 Å². The van der Waals surface area contributed by atoms with Crippen LogP contribution >= 0.6 is 11.6 Å². The highest BCUT2D eigenvalue weighted by atomic mass is 35.5. The smallest absolute Gasteiger partial charge is 0.336 e. The van der Waals surface area contributed by atoms with Gasteiger partial charge in [-0.05, 0) is 30.3 Å². The van der Waals surface area contributed by atoms with Crippen LogP contribution in [0, 0.1) is 5.82 Å². The van der Waals surface area contributed by atoms with Crippen LogP contribution < -0.4 is 15.7 Å². The number of amides is 1. The molecule has 122 valence electrons. The molecule has 0 bridgehead atoms. The van der Waals surface area contributed by atoms with E-state index in [0.717, 1.165) is 5.39 Å². The first-order valence-corrected chi connectivity index (χ1v) is 7.31. The second kappa shape index (κ2) is 6.72. The summed E-state index contributed by atoms with van der Waals surface area (Å²) >= 11 is 5.64. The molecule has 0 aliphatic carbocycles. The number of ether oxygens (including phenoxy) is 1. The van der Waals surface area contributed by atoms with Gasteiger partial charge in [0.2, 0.25) is 0 Å². The van der Waals surface area contributed by atoms with Crippen LogP contribution in [0.3, 0.4) is 0 Å². The highest BCUT2D eigenvalue weighted by Gasteiger charge is 2.10. The second-order valence-electron chi connectivity index (χ2n) is 4.89. The average molecular weight is 348 g/mol. The third kappa shape index (κ3) is 3.55. The van der Waals surface area contributed by atoms with Gasteiger partial charge >= 0.3 is 5.63 Å². The summed E-state index contributed by atoms with van der Waals surface area (Å²) in [7, 11) is 0. The largest absolute Gasteiger partial charge is 0.484 e. The van der Waals surface area contributed by atoms with Crippen LogP contribution in [-0.4, -0.2) is 12.5 Å². The first-order valence-electron chi connectivity index (χ1n) is 6.93. The van der Waals surface area contributed by atoms with E-state index >= 15 is 0 Å². The zero-order valence-corrected chi connectivity index (χ0v) is 13.0. The number of benzene rings is 2. The minimum Gasteiger partial charge on any atom is -0.484 e. The molecule has 0 radical (unpaired) electrons. The number of fused-ring (bicyclic) bond motifs is 1. The van der Waals surface area contributed by atoms with Gasteiger partial charge in [-0.3, -0.25) is 4.79 Å². The molecule has 1 amide bonds. The Morgan fingerprint density at radius 2 is 2.00 bits per heavy atom. The van der Waals surface area contributed by atoms with Crippen LogP contribution in [0.15, 0.2) is 57.7 Å². The monoisotopic (exact) mass is 347 g/mol. The number of halogens is 2. The molecule has 1 heterocycles. The Bertz CT molecular complexity index is 970. The zero-order valence-electron chi connectivity index (χ0n) is 12.2. The molecular weight excluding hydrogens is 337 g/mol. The van der Waals surface area contributed by atoms with Crippen molar-refractivity contribution in [1.29, 1.82) is 0 Å². The molecule has 24 heavy (non-hydrogen) atoms. The first-order chi connectivity index (χ1) is 11.5. The fourth-order valence-electron chi connectivity index (χ4n) is 2.07. The van der Waals surface area contributed by atoms with Crippen LogP contribution in [0.1, 0.15) is 0 Å². The van der Waals surface area contributed by atoms with Gasteiger partial charge in [-0.2, -0.15) is 0 Å². The summed E-state index contributed by atoms with van der Waals surface area (Å²) in [6.07, 6.45) is 0. The molecule has 1 N–H and O–H groups in total. The van der Waals surface area contributed by atoms with Gasteiger partial charge < -0.3 is 14.5 Å². The Kier molecular flexibility index (Phi) is 4.48. The first kappa shape index (κ1) is 16.0. The van der Waals surface area contributed by atoms with E-state index in [0.29, 0.717) is 11.3 Å². The highest BCUT2D eigenvalue weighted by Crippen LogP contribution is 2.22. The van der Waals surface area contributed by atoms with Gasteiger partial charge in [-0.15, -0.1) is 0 Å². The number of rotatable bonds is 4. The molecular formula is C17H11ClFNO4. The summed E-state index contributed by atoms with van der Waals surface area (Å²) in [6, 6.07) is 12.1. The van der Waals surface area contributed by atoms with Gasteiger partial charge in [0.1, 0.15) is 11.3 Å². The molecule has 7 heteroatoms. The lowest BCUT2D eigenvalue weighted by Crippen LogP contribution is -2.20. The van der Waals surface area contributed by atoms with Gasteiger partial charge in [-0.1, -0.05) is 17.7 Å². The van der Waals surface area contributed by atoms with Crippen LogP contribution in [0.4, 0.5) is 10.1 Å². The van der Waals surface area contributed by atoms with Crippen LogP contribution in [0.2, 0.25) is 5.02 Å². The fourth-order valence-corrected chi connectivity index (χ4v) is 2.24. The van der Waals surface area contributed by atoms with Crippen molar-refractivity contribution in [3.63, 3.8) is 0 Å². The van der Waals surface area contributed by atoms with E-state index in [-0.39, 0.29) is 17.3 Å². The molecule has 2 aromatic carbocycles. The average Bonchev–Trinajstić information content (AvgIpc) is 2.57. The molecule has 0 unspecified atom stereocenters. The van der Waals surface area contributed by atoms with E-state index in [1.807, 2.05) is 0 Å². The minimum absolute atomic E-state index is 0.0272. The molecule has 3 aromatic rings. The van der Waals surface area contributed by atoms with Gasteiger partial charge in [0.25, 0.3) is 5.91 Å². The lowest BCUT2D eigenvalue weighted by molar-refractivity contribution is -0.118. The van der Waals surface area contributed by atoms with Crippen molar-refractivity contribution in [2.75, 3.05) is 11.9 Å². The standard InChI is InChI=1S/C17H11ClFNO4/c18-12-2-1-3-13(17(12)19)20-15(21)9-23-11-6-4-10-5-7-16(22)24-14(10)8-11/h1-8H,9H2,(H,20,21). The number of carbonyl (C=O) groups is 1. The van der Waals surface area contributed by atoms with E-state index in [9.17, 15) is 14.0 Å². The fraction of sp³-hybridized carbons (Fsp3) is 0.0588. The van der Waals surface area contributed by atoms with Crippen molar-refractivity contribution < 1.29 is 18.3 Å². The number of nitrogens with one attached hydrogen (secondary N) is 1. The maximum atomic E-state index is 13.7. The quantitative estimate of drug-likeness (QED) is 0.732. The predicted molar refractivity (Wildman–Crippen MR) is 88.0 cm³/mol. The molecule has 0 atom stereocenters. The van der Waals surface area contributed by atoms with E-state index in [4.69, 9.17) is 20.8 Å². The van der Waals surface area contributed by atoms with E-state index in [1.54, 1.807) is 18.2 Å². The van der Waals surface area contributed by atoms with E-state index in [2.05, 4.69) is 5.32 Å². The SMILES string of the molecule is O=C(COc1ccc2ccc(=O)oc2c1)Nc1cccc(Cl)c1F. The summed E-state index contributed by atoms with van der Waals surface area (Å²) in [5.41, 5.74) is -0.157. The maximum Gasteiger partial charge on any atom is 0.336 e. The molecule has 0 spiro atoms. The molecule has 0 fully saturated rings. The Morgan fingerprint density at radius 3 is 2.83 bits per heavy atom. The van der Waals surface area contributed by atoms with Crippen molar-refractivity contribution in [1.82, 2.24) is 0 Å². The highest BCUT2D eigenvalue weighted by molar-refractivity contribution is 6.31. The normalized spacial score (nSPS) is 10.6. The molecule has 5 nitrogen and oxygen atoms in total. The molecule has 3 rings (SSSR count). The van der Waals surface area contributed by atoms with Crippen molar-refractivity contribution >= 4 is 34.2 Å². The van der Waals surface area contributed by atoms with Crippen LogP contribution in [0.25, 0.3) is 11.0 Å². The van der Waals surface area contributed by atoms with E-state index in [1.165, 1.54) is 30.3 Å². The second-order valence-corrected chi connectivity index (χ2v) is 5.30. The van der Waals surface area contributed by atoms with Crippen molar-refractivity contribution in [3.8, 4) is 5.75 Å². The summed E-state index contributed by atoms with van der Waals surface area (Å²) < 4.78 is 24.1. The predicted octanol–water partition coefficient (Wildman–Crippen LogP) is 3.60. The lowest BCUT2D eigenvalue weighted by atomic mass is 10.2. The van der Waals surface area contributed by atoms with Crippen LogP contribution in [0.5, 0.6) is 5.75 Å². The molecule has 0 saturated carbocycles. The Labute approximate surface area is 140 Å². The van der Waals surface area contributed by atoms with Crippen molar-refractivity contribution in [2.45, 2.75) is 0 Å². The minimum atomic E-state index is -0.708. The number of anilines is 1. The molecule has 0 aliphatic rings. The van der Waals surface area contributed by atoms with Crippen molar-refractivity contribution in [3.05, 3.63) is 69.8 Å².